The lowest BCUT2D eigenvalue weighted by Gasteiger charge is -2.23. The molecule has 0 unspecified atom stereocenters. The molecule has 1 aromatic carbocycles. The fourth-order valence-corrected chi connectivity index (χ4v) is 4.15. The van der Waals surface area contributed by atoms with Crippen LogP contribution in [0.2, 0.25) is 0 Å². The summed E-state index contributed by atoms with van der Waals surface area (Å²) in [5, 5.41) is 13.5. The number of nitrogen functional groups attached to an aromatic ring is 1. The van der Waals surface area contributed by atoms with E-state index in [4.69, 9.17) is 15.5 Å². The van der Waals surface area contributed by atoms with Crippen LogP contribution < -0.4 is 10.6 Å². The van der Waals surface area contributed by atoms with Gasteiger partial charge in [0.25, 0.3) is 0 Å². The van der Waals surface area contributed by atoms with E-state index in [1.54, 1.807) is 21.7 Å². The van der Waals surface area contributed by atoms with Gasteiger partial charge >= 0.3 is 6.09 Å². The summed E-state index contributed by atoms with van der Waals surface area (Å²) in [6.07, 6.45) is 3.21. The predicted molar refractivity (Wildman–Crippen MR) is 114 cm³/mol. The van der Waals surface area contributed by atoms with Crippen molar-refractivity contribution in [1.82, 2.24) is 24.8 Å². The molecule has 4 heterocycles. The molecule has 4 aromatic rings. The van der Waals surface area contributed by atoms with Crippen LogP contribution in [0.25, 0.3) is 27.3 Å². The van der Waals surface area contributed by atoms with Gasteiger partial charge in [0.15, 0.2) is 5.65 Å². The molecule has 1 atom stereocenters. The summed E-state index contributed by atoms with van der Waals surface area (Å²) in [5.74, 6) is 0.812. The third-order valence-corrected chi connectivity index (χ3v) is 5.96. The van der Waals surface area contributed by atoms with E-state index >= 15 is 0 Å². The minimum absolute atomic E-state index is 0.0440. The fraction of sp³-hybridized carbons (Fsp3) is 0.250. The maximum atomic E-state index is 12.3. The van der Waals surface area contributed by atoms with E-state index in [0.29, 0.717) is 23.2 Å². The second-order valence-electron chi connectivity index (χ2n) is 7.39. The molecule has 10 heteroatoms. The van der Waals surface area contributed by atoms with E-state index in [9.17, 15) is 4.79 Å². The van der Waals surface area contributed by atoms with Gasteiger partial charge < -0.3 is 10.5 Å². The zero-order valence-electron chi connectivity index (χ0n) is 16.4. The highest BCUT2D eigenvalue weighted by atomic mass is 32.1. The zero-order chi connectivity index (χ0) is 20.8. The molecule has 1 fully saturated rings. The third kappa shape index (κ3) is 3.05. The summed E-state index contributed by atoms with van der Waals surface area (Å²) < 4.78 is 6.96. The molecule has 5 rings (SSSR count). The van der Waals surface area contributed by atoms with Crippen LogP contribution in [0.15, 0.2) is 42.7 Å². The SMILES string of the molecule is CC(C)[C@H]1COC(=O)N1c1ccn2ncc(-c3ccc(-c4nnc(N)s4)cc3)c2n1. The second-order valence-corrected chi connectivity index (χ2v) is 8.40. The topological polar surface area (TPSA) is 112 Å². The predicted octanol–water partition coefficient (Wildman–Crippen LogP) is 3.48. The van der Waals surface area contributed by atoms with E-state index in [1.165, 1.54) is 11.3 Å². The van der Waals surface area contributed by atoms with Gasteiger partial charge in [-0.3, -0.25) is 4.90 Å². The summed E-state index contributed by atoms with van der Waals surface area (Å²) in [7, 11) is 0. The van der Waals surface area contributed by atoms with Crippen LogP contribution >= 0.6 is 11.3 Å². The quantitative estimate of drug-likeness (QED) is 0.537. The van der Waals surface area contributed by atoms with Crippen LogP contribution in [-0.4, -0.2) is 43.5 Å². The normalized spacial score (nSPS) is 16.6. The number of hydrogen-bond donors (Lipinski definition) is 1. The highest BCUT2D eigenvalue weighted by Crippen LogP contribution is 2.31. The van der Waals surface area contributed by atoms with Crippen molar-refractivity contribution < 1.29 is 9.53 Å². The Balaban J connectivity index is 1.53. The van der Waals surface area contributed by atoms with E-state index in [2.05, 4.69) is 29.1 Å². The zero-order valence-corrected chi connectivity index (χ0v) is 17.2. The number of nitrogens with two attached hydrogens (primary N) is 1. The molecular formula is C20H19N7O2S. The van der Waals surface area contributed by atoms with Gasteiger partial charge in [-0.1, -0.05) is 49.4 Å². The summed E-state index contributed by atoms with van der Waals surface area (Å²) in [6.45, 7) is 4.50. The van der Waals surface area contributed by atoms with Crippen LogP contribution in [0.5, 0.6) is 0 Å². The molecule has 1 aliphatic heterocycles. The summed E-state index contributed by atoms with van der Waals surface area (Å²) >= 11 is 1.34. The molecule has 0 bridgehead atoms. The molecule has 9 nitrogen and oxygen atoms in total. The van der Waals surface area contributed by atoms with Gasteiger partial charge in [-0.05, 0) is 17.5 Å². The van der Waals surface area contributed by atoms with E-state index in [1.807, 2.05) is 30.5 Å². The van der Waals surface area contributed by atoms with E-state index in [-0.39, 0.29) is 18.1 Å². The number of nitrogens with zero attached hydrogens (tertiary/aromatic N) is 6. The molecule has 30 heavy (non-hydrogen) atoms. The molecule has 0 spiro atoms. The Labute approximate surface area is 176 Å². The highest BCUT2D eigenvalue weighted by molar-refractivity contribution is 7.18. The molecule has 1 aliphatic rings. The third-order valence-electron chi connectivity index (χ3n) is 5.16. The van der Waals surface area contributed by atoms with Crippen molar-refractivity contribution in [2.45, 2.75) is 19.9 Å². The van der Waals surface area contributed by atoms with Crippen LogP contribution in [0.3, 0.4) is 0 Å². The monoisotopic (exact) mass is 421 g/mol. The molecule has 1 saturated heterocycles. The van der Waals surface area contributed by atoms with E-state index < -0.39 is 0 Å². The van der Waals surface area contributed by atoms with Crippen LogP contribution in [0.4, 0.5) is 15.7 Å². The highest BCUT2D eigenvalue weighted by Gasteiger charge is 2.37. The molecule has 0 aliphatic carbocycles. The van der Waals surface area contributed by atoms with Gasteiger partial charge in [-0.2, -0.15) is 5.10 Å². The van der Waals surface area contributed by atoms with Crippen LogP contribution in [0, 0.1) is 5.92 Å². The molecule has 152 valence electrons. The van der Waals surface area contributed by atoms with Gasteiger partial charge in [-0.15, -0.1) is 10.2 Å². The van der Waals surface area contributed by atoms with Gasteiger partial charge in [0, 0.05) is 17.3 Å². The number of amides is 1. The van der Waals surface area contributed by atoms with Crippen molar-refractivity contribution >= 4 is 34.0 Å². The lowest BCUT2D eigenvalue weighted by atomic mass is 10.0. The number of cyclic esters (lactones) is 1. The Kier molecular flexibility index (Phi) is 4.35. The van der Waals surface area contributed by atoms with Gasteiger partial charge in [0.1, 0.15) is 17.4 Å². The smallest absolute Gasteiger partial charge is 0.415 e. The maximum absolute atomic E-state index is 12.3. The molecule has 3 aromatic heterocycles. The Bertz CT molecular complexity index is 1230. The number of rotatable bonds is 4. The number of ether oxygens (including phenoxy) is 1. The maximum Gasteiger partial charge on any atom is 0.415 e. The average Bonchev–Trinajstić information content (AvgIpc) is 3.45. The standard InChI is InChI=1S/C20H19N7O2S/c1-11(2)15-10-29-20(28)27(15)16-7-8-26-17(23-16)14(9-22-26)12-3-5-13(6-4-12)18-24-25-19(21)30-18/h3-9,11,15H,10H2,1-2H3,(H2,21,25)/t15-/m1/s1. The van der Waals surface area contributed by atoms with Crippen molar-refractivity contribution in [3.05, 3.63) is 42.7 Å². The number of fused-ring (bicyclic) bond motifs is 1. The lowest BCUT2D eigenvalue weighted by molar-refractivity contribution is 0.177. The Morgan fingerprint density at radius 2 is 1.93 bits per heavy atom. The van der Waals surface area contributed by atoms with Crippen molar-refractivity contribution in [2.24, 2.45) is 5.92 Å². The fourth-order valence-electron chi connectivity index (χ4n) is 3.53. The largest absolute Gasteiger partial charge is 0.447 e. The number of carbonyl (C=O) groups is 1. The van der Waals surface area contributed by atoms with Crippen molar-refractivity contribution in [1.29, 1.82) is 0 Å². The molecule has 0 radical (unpaired) electrons. The number of hydrogen-bond acceptors (Lipinski definition) is 8. The minimum atomic E-state index is -0.368. The Morgan fingerprint density at radius 1 is 1.17 bits per heavy atom. The first-order valence-electron chi connectivity index (χ1n) is 9.51. The molecule has 1 amide bonds. The first-order chi connectivity index (χ1) is 14.5. The summed E-state index contributed by atoms with van der Waals surface area (Å²) in [5.41, 5.74) is 9.12. The van der Waals surface area contributed by atoms with Crippen molar-refractivity contribution in [3.8, 4) is 21.7 Å². The van der Waals surface area contributed by atoms with Crippen molar-refractivity contribution in [2.75, 3.05) is 17.2 Å². The first kappa shape index (κ1) is 18.5. The second kappa shape index (κ2) is 7.06. The summed E-state index contributed by atoms with van der Waals surface area (Å²) in [6, 6.07) is 9.65. The Morgan fingerprint density at radius 3 is 2.63 bits per heavy atom. The number of aromatic nitrogens is 5. The number of anilines is 2. The van der Waals surface area contributed by atoms with Gasteiger partial charge in [-0.25, -0.2) is 14.3 Å². The molecule has 2 N–H and O–H groups in total. The van der Waals surface area contributed by atoms with Gasteiger partial charge in [0.05, 0.1) is 12.2 Å². The van der Waals surface area contributed by atoms with Crippen LogP contribution in [0.1, 0.15) is 13.8 Å². The summed E-state index contributed by atoms with van der Waals surface area (Å²) in [4.78, 5) is 18.7. The van der Waals surface area contributed by atoms with Crippen LogP contribution in [-0.2, 0) is 4.74 Å². The minimum Gasteiger partial charge on any atom is -0.447 e. The van der Waals surface area contributed by atoms with E-state index in [0.717, 1.165) is 21.7 Å². The van der Waals surface area contributed by atoms with Crippen molar-refractivity contribution in [3.63, 3.8) is 0 Å². The lowest BCUT2D eigenvalue weighted by Crippen LogP contribution is -2.37. The number of carbonyl (C=O) groups excluding carboxylic acids is 1. The molecular weight excluding hydrogens is 402 g/mol. The first-order valence-corrected chi connectivity index (χ1v) is 10.3. The number of benzene rings is 1. The Hall–Kier alpha value is -3.53. The van der Waals surface area contributed by atoms with Gasteiger partial charge in [0.2, 0.25) is 5.13 Å². The molecule has 0 saturated carbocycles. The average molecular weight is 421 g/mol.